The Morgan fingerprint density at radius 3 is 1.21 bits per heavy atom. The molecule has 0 spiro atoms. The predicted molar refractivity (Wildman–Crippen MR) is 234 cm³/mol. The van der Waals surface area contributed by atoms with Gasteiger partial charge >= 0.3 is 0 Å². The van der Waals surface area contributed by atoms with Crippen molar-refractivity contribution in [3.8, 4) is 23.6 Å². The SMILES string of the molecule is CC(C)(O)c1ccc(S(=O)(=O)c2ccc(OC(C)(C)c3cccc(C(C)(C)c4ccc(S(=O)(=O)c5ccc(OC(C)(C)c6cccc(F)c6C#N)cc5)cc4)c3C#N)cc2)cc1. The Bertz CT molecular complexity index is 2940. The second-order valence-electron chi connectivity index (χ2n) is 17.0. The van der Waals surface area contributed by atoms with Crippen molar-refractivity contribution in [1.82, 2.24) is 0 Å². The molecule has 318 valence electrons. The fourth-order valence-corrected chi connectivity index (χ4v) is 9.95. The van der Waals surface area contributed by atoms with E-state index in [0.29, 0.717) is 39.3 Å². The molecule has 0 radical (unpaired) electrons. The fraction of sp³-hybridized carbons (Fsp3) is 0.240. The maximum absolute atomic E-state index is 14.3. The van der Waals surface area contributed by atoms with E-state index in [2.05, 4.69) is 6.07 Å². The molecule has 6 aromatic rings. The van der Waals surface area contributed by atoms with Crippen molar-refractivity contribution in [2.24, 2.45) is 0 Å². The smallest absolute Gasteiger partial charge is 0.206 e. The van der Waals surface area contributed by atoms with Crippen LogP contribution in [-0.2, 0) is 41.9 Å². The molecule has 6 rings (SSSR count). The minimum absolute atomic E-state index is 0.0360. The van der Waals surface area contributed by atoms with Crippen LogP contribution in [0.5, 0.6) is 11.5 Å². The van der Waals surface area contributed by atoms with Crippen molar-refractivity contribution in [2.75, 3.05) is 0 Å². The Morgan fingerprint density at radius 2 is 0.823 bits per heavy atom. The number of rotatable bonds is 13. The molecule has 1 N–H and O–H groups in total. The topological polar surface area (TPSA) is 155 Å². The summed E-state index contributed by atoms with van der Waals surface area (Å²) < 4.78 is 81.2. The van der Waals surface area contributed by atoms with Crippen molar-refractivity contribution in [2.45, 2.75) is 97.2 Å². The molecule has 9 nitrogen and oxygen atoms in total. The number of benzene rings is 6. The average molecular weight is 871 g/mol. The normalized spacial score (nSPS) is 12.6. The Hall–Kier alpha value is -6.31. The lowest BCUT2D eigenvalue weighted by atomic mass is 9.74. The first kappa shape index (κ1) is 45.2. The molecule has 0 saturated heterocycles. The summed E-state index contributed by atoms with van der Waals surface area (Å²) >= 11 is 0. The van der Waals surface area contributed by atoms with Crippen LogP contribution in [0.2, 0.25) is 0 Å². The van der Waals surface area contributed by atoms with Gasteiger partial charge in [0.1, 0.15) is 34.6 Å². The van der Waals surface area contributed by atoms with Gasteiger partial charge in [0.15, 0.2) is 0 Å². The lowest BCUT2D eigenvalue weighted by molar-refractivity contribution is 0.0785. The zero-order valence-corrected chi connectivity index (χ0v) is 37.3. The van der Waals surface area contributed by atoms with E-state index in [0.717, 1.165) is 5.56 Å². The highest BCUT2D eigenvalue weighted by Gasteiger charge is 2.34. The third-order valence-corrected chi connectivity index (χ3v) is 14.6. The summed E-state index contributed by atoms with van der Waals surface area (Å²) in [6, 6.07) is 38.7. The van der Waals surface area contributed by atoms with Crippen LogP contribution in [0.1, 0.15) is 94.3 Å². The Morgan fingerprint density at radius 1 is 0.484 bits per heavy atom. The molecule has 0 fully saturated rings. The van der Waals surface area contributed by atoms with Gasteiger partial charge in [0.25, 0.3) is 0 Å². The van der Waals surface area contributed by atoms with Gasteiger partial charge in [-0.05, 0) is 137 Å². The van der Waals surface area contributed by atoms with Crippen LogP contribution in [0.15, 0.2) is 153 Å². The largest absolute Gasteiger partial charge is 0.483 e. The molecule has 0 aromatic heterocycles. The lowest BCUT2D eigenvalue weighted by Crippen LogP contribution is -2.29. The van der Waals surface area contributed by atoms with Gasteiger partial charge in [0.05, 0.1) is 42.4 Å². The number of nitrogens with zero attached hydrogens (tertiary/aromatic N) is 2. The quantitative estimate of drug-likeness (QED) is 0.119. The highest BCUT2D eigenvalue weighted by atomic mass is 32.2. The zero-order valence-electron chi connectivity index (χ0n) is 35.7. The van der Waals surface area contributed by atoms with E-state index in [9.17, 15) is 36.9 Å². The fourth-order valence-electron chi connectivity index (χ4n) is 7.43. The minimum Gasteiger partial charge on any atom is -0.483 e. The zero-order chi connectivity index (χ0) is 45.5. The molecular weight excluding hydrogens is 824 g/mol. The molecular formula is C50H47FN2O7S2. The summed E-state index contributed by atoms with van der Waals surface area (Å²) in [4.78, 5) is 0.263. The summed E-state index contributed by atoms with van der Waals surface area (Å²) in [6.07, 6.45) is 0. The van der Waals surface area contributed by atoms with Crippen LogP contribution in [0.25, 0.3) is 0 Å². The van der Waals surface area contributed by atoms with Crippen LogP contribution in [0.4, 0.5) is 4.39 Å². The molecule has 0 aliphatic rings. The Labute approximate surface area is 363 Å². The summed E-state index contributed by atoms with van der Waals surface area (Å²) in [7, 11) is -7.81. The van der Waals surface area contributed by atoms with Crippen LogP contribution in [0.3, 0.4) is 0 Å². The van der Waals surface area contributed by atoms with Crippen molar-refractivity contribution >= 4 is 19.7 Å². The monoisotopic (exact) mass is 870 g/mol. The van der Waals surface area contributed by atoms with Crippen molar-refractivity contribution in [3.05, 3.63) is 178 Å². The van der Waals surface area contributed by atoms with Gasteiger partial charge in [-0.15, -0.1) is 0 Å². The van der Waals surface area contributed by atoms with Gasteiger partial charge in [-0.3, -0.25) is 0 Å². The summed E-state index contributed by atoms with van der Waals surface area (Å²) in [6.45, 7) is 14.2. The van der Waals surface area contributed by atoms with E-state index >= 15 is 0 Å². The third kappa shape index (κ3) is 8.86. The highest BCUT2D eigenvalue weighted by molar-refractivity contribution is 7.91. The second kappa shape index (κ2) is 16.5. The molecule has 62 heavy (non-hydrogen) atoms. The van der Waals surface area contributed by atoms with E-state index in [1.54, 1.807) is 70.2 Å². The third-order valence-electron chi connectivity index (χ3n) is 11.0. The molecule has 6 aromatic carbocycles. The number of halogens is 1. The molecule has 0 bridgehead atoms. The summed E-state index contributed by atoms with van der Waals surface area (Å²) in [5.41, 5.74) is -0.749. The van der Waals surface area contributed by atoms with Crippen molar-refractivity contribution < 1.29 is 35.8 Å². The van der Waals surface area contributed by atoms with Crippen LogP contribution in [0, 0.1) is 28.5 Å². The average Bonchev–Trinajstić information content (AvgIpc) is 3.23. The molecule has 0 atom stereocenters. The van der Waals surface area contributed by atoms with Crippen LogP contribution < -0.4 is 9.47 Å². The molecule has 0 aliphatic carbocycles. The standard InChI is InChI=1S/C50H47FN2O7S2/c1-47(2,33-15-23-37(24-16-33)61(55,56)39-29-21-36(22-30-39)60-50(7,8)45-13-10-14-46(51)42(45)32-53)43-11-9-12-44(41(43)31-52)49(5,6)59-35-19-27-40(28-20-35)62(57,58)38-25-17-34(18-26-38)48(3,4)54/h9-30,54H,1-8H3. The molecule has 0 saturated carbocycles. The highest BCUT2D eigenvalue weighted by Crippen LogP contribution is 2.40. The van der Waals surface area contributed by atoms with Gasteiger partial charge in [-0.25, -0.2) is 21.2 Å². The molecule has 0 heterocycles. The number of ether oxygens (including phenoxy) is 2. The first-order chi connectivity index (χ1) is 28.9. The van der Waals surface area contributed by atoms with Gasteiger partial charge in [0.2, 0.25) is 19.7 Å². The lowest BCUT2D eigenvalue weighted by Gasteiger charge is -2.32. The summed E-state index contributed by atoms with van der Waals surface area (Å²) in [5, 5.41) is 30.4. The number of aliphatic hydroxyl groups is 1. The van der Waals surface area contributed by atoms with Crippen molar-refractivity contribution in [3.63, 3.8) is 0 Å². The van der Waals surface area contributed by atoms with Gasteiger partial charge in [-0.2, -0.15) is 10.5 Å². The molecule has 0 unspecified atom stereocenters. The second-order valence-corrected chi connectivity index (χ2v) is 20.9. The number of hydrogen-bond acceptors (Lipinski definition) is 9. The maximum atomic E-state index is 14.3. The molecule has 0 aliphatic heterocycles. The van der Waals surface area contributed by atoms with E-state index in [1.165, 1.54) is 72.8 Å². The number of hydrogen-bond donors (Lipinski definition) is 1. The Kier molecular flexibility index (Phi) is 12.0. The van der Waals surface area contributed by atoms with E-state index < -0.39 is 47.7 Å². The minimum atomic E-state index is -3.95. The van der Waals surface area contributed by atoms with Crippen LogP contribution >= 0.6 is 0 Å². The van der Waals surface area contributed by atoms with E-state index in [1.807, 2.05) is 52.0 Å². The van der Waals surface area contributed by atoms with Crippen molar-refractivity contribution in [1.29, 1.82) is 10.5 Å². The summed E-state index contributed by atoms with van der Waals surface area (Å²) in [5.74, 6) is 0.0661. The van der Waals surface area contributed by atoms with Gasteiger partial charge < -0.3 is 14.6 Å². The first-order valence-corrected chi connectivity index (χ1v) is 22.6. The predicted octanol–water partition coefficient (Wildman–Crippen LogP) is 10.4. The van der Waals surface area contributed by atoms with E-state index in [4.69, 9.17) is 9.47 Å². The maximum Gasteiger partial charge on any atom is 0.206 e. The van der Waals surface area contributed by atoms with Gasteiger partial charge in [-0.1, -0.05) is 68.4 Å². The number of nitriles is 2. The van der Waals surface area contributed by atoms with Crippen LogP contribution in [-0.4, -0.2) is 21.9 Å². The van der Waals surface area contributed by atoms with E-state index in [-0.39, 0.29) is 25.1 Å². The van der Waals surface area contributed by atoms with Gasteiger partial charge in [0, 0.05) is 16.5 Å². The number of sulfone groups is 2. The first-order valence-electron chi connectivity index (χ1n) is 19.7. The molecule has 0 amide bonds. The Balaban J connectivity index is 1.20. The molecule has 12 heteroatoms.